The number of carbonyl (C=O) groups excluding carboxylic acids is 2. The lowest BCUT2D eigenvalue weighted by molar-refractivity contribution is -0.385. The van der Waals surface area contributed by atoms with Crippen molar-refractivity contribution >= 4 is 33.7 Å². The lowest BCUT2D eigenvalue weighted by Gasteiger charge is -2.02. The number of carbonyl (C=O) groups is 2. The van der Waals surface area contributed by atoms with Gasteiger partial charge in [-0.25, -0.2) is 0 Å². The molecule has 0 aliphatic heterocycles. The molecule has 78 valence electrons. The molecule has 0 atom stereocenters. The summed E-state index contributed by atoms with van der Waals surface area (Å²) in [7, 11) is 0. The van der Waals surface area contributed by atoms with Crippen molar-refractivity contribution < 1.29 is 14.5 Å². The number of nitro groups is 1. The molecule has 0 aliphatic rings. The van der Waals surface area contributed by atoms with Gasteiger partial charge in [0.15, 0.2) is 12.1 Å². The van der Waals surface area contributed by atoms with Crippen LogP contribution in [-0.4, -0.2) is 17.0 Å². The quantitative estimate of drug-likeness (QED) is 0.366. The van der Waals surface area contributed by atoms with E-state index in [0.717, 1.165) is 6.07 Å². The van der Waals surface area contributed by atoms with Gasteiger partial charge in [-0.3, -0.25) is 19.7 Å². The first kappa shape index (κ1) is 11.5. The third-order valence-electron chi connectivity index (χ3n) is 1.82. The molecule has 0 saturated carbocycles. The standard InChI is InChI=1S/C9H6BrNO4/c1-5(13)7-3-9(11(14)15)8(10)2-6(7)4-12/h2-4H,1H3. The highest BCUT2D eigenvalue weighted by atomic mass is 79.9. The van der Waals surface area contributed by atoms with Crippen molar-refractivity contribution in [3.05, 3.63) is 37.8 Å². The van der Waals surface area contributed by atoms with Gasteiger partial charge >= 0.3 is 0 Å². The average molecular weight is 272 g/mol. The average Bonchev–Trinajstić information content (AvgIpc) is 2.16. The van der Waals surface area contributed by atoms with Crippen LogP contribution in [-0.2, 0) is 0 Å². The van der Waals surface area contributed by atoms with E-state index in [1.807, 2.05) is 0 Å². The van der Waals surface area contributed by atoms with Gasteiger partial charge in [-0.1, -0.05) is 0 Å². The van der Waals surface area contributed by atoms with Gasteiger partial charge in [0.05, 0.1) is 9.40 Å². The number of ketones is 1. The predicted octanol–water partition coefficient (Wildman–Crippen LogP) is 2.37. The monoisotopic (exact) mass is 271 g/mol. The Morgan fingerprint density at radius 2 is 2.13 bits per heavy atom. The topological polar surface area (TPSA) is 77.3 Å². The van der Waals surface area contributed by atoms with Crippen LogP contribution in [0.5, 0.6) is 0 Å². The Bertz CT molecular complexity index is 456. The van der Waals surface area contributed by atoms with Crippen molar-refractivity contribution in [3.63, 3.8) is 0 Å². The van der Waals surface area contributed by atoms with Crippen molar-refractivity contribution in [2.24, 2.45) is 0 Å². The minimum absolute atomic E-state index is 0.0555. The van der Waals surface area contributed by atoms with Crippen LogP contribution in [0.15, 0.2) is 16.6 Å². The number of halogens is 1. The minimum Gasteiger partial charge on any atom is -0.298 e. The fraction of sp³-hybridized carbons (Fsp3) is 0.111. The molecule has 0 radical (unpaired) electrons. The number of hydrogen-bond donors (Lipinski definition) is 0. The lowest BCUT2D eigenvalue weighted by atomic mass is 10.0. The molecule has 0 aliphatic carbocycles. The molecule has 1 rings (SSSR count). The van der Waals surface area contributed by atoms with Crippen LogP contribution in [0.2, 0.25) is 0 Å². The number of Topliss-reactive ketones (excluding diaryl/α,β-unsaturated/α-hetero) is 1. The third kappa shape index (κ3) is 2.27. The van der Waals surface area contributed by atoms with E-state index in [1.165, 1.54) is 13.0 Å². The van der Waals surface area contributed by atoms with E-state index in [9.17, 15) is 19.7 Å². The zero-order chi connectivity index (χ0) is 11.6. The highest BCUT2D eigenvalue weighted by Gasteiger charge is 2.18. The van der Waals surface area contributed by atoms with Gasteiger partial charge in [-0.15, -0.1) is 0 Å². The molecule has 0 heterocycles. The molecule has 0 aromatic heterocycles. The predicted molar refractivity (Wildman–Crippen MR) is 56.2 cm³/mol. The number of rotatable bonds is 3. The van der Waals surface area contributed by atoms with E-state index in [4.69, 9.17) is 0 Å². The molecule has 1 aromatic carbocycles. The zero-order valence-electron chi connectivity index (χ0n) is 7.69. The highest BCUT2D eigenvalue weighted by molar-refractivity contribution is 9.10. The van der Waals surface area contributed by atoms with Crippen LogP contribution in [0.25, 0.3) is 0 Å². The number of hydrogen-bond acceptors (Lipinski definition) is 4. The normalized spacial score (nSPS) is 9.73. The summed E-state index contributed by atoms with van der Waals surface area (Å²) < 4.78 is 0.180. The van der Waals surface area contributed by atoms with Crippen molar-refractivity contribution in [1.82, 2.24) is 0 Å². The fourth-order valence-electron chi connectivity index (χ4n) is 1.12. The van der Waals surface area contributed by atoms with E-state index in [1.54, 1.807) is 0 Å². The van der Waals surface area contributed by atoms with Crippen LogP contribution in [0, 0.1) is 10.1 Å². The molecule has 0 bridgehead atoms. The Morgan fingerprint density at radius 3 is 2.53 bits per heavy atom. The van der Waals surface area contributed by atoms with Crippen LogP contribution in [0.4, 0.5) is 5.69 Å². The molecule has 0 unspecified atom stereocenters. The molecule has 6 heteroatoms. The second kappa shape index (κ2) is 4.31. The maximum atomic E-state index is 11.1. The molecular formula is C9H6BrNO4. The molecule has 1 aromatic rings. The molecule has 0 saturated heterocycles. The molecule has 0 fully saturated rings. The first-order valence-electron chi connectivity index (χ1n) is 3.91. The number of benzene rings is 1. The Kier molecular flexibility index (Phi) is 3.31. The summed E-state index contributed by atoms with van der Waals surface area (Å²) in [5.74, 6) is -0.382. The number of nitro benzene ring substituents is 1. The summed E-state index contributed by atoms with van der Waals surface area (Å²) in [6.07, 6.45) is 0.491. The van der Waals surface area contributed by atoms with Crippen LogP contribution >= 0.6 is 15.9 Å². The summed E-state index contributed by atoms with van der Waals surface area (Å²) >= 11 is 2.96. The van der Waals surface area contributed by atoms with E-state index in [-0.39, 0.29) is 27.1 Å². The van der Waals surface area contributed by atoms with Gasteiger partial charge in [0.25, 0.3) is 5.69 Å². The maximum Gasteiger partial charge on any atom is 0.284 e. The van der Waals surface area contributed by atoms with E-state index in [2.05, 4.69) is 15.9 Å². The second-order valence-corrected chi connectivity index (χ2v) is 3.68. The highest BCUT2D eigenvalue weighted by Crippen LogP contribution is 2.28. The minimum atomic E-state index is -0.620. The summed E-state index contributed by atoms with van der Waals surface area (Å²) in [4.78, 5) is 31.7. The van der Waals surface area contributed by atoms with E-state index >= 15 is 0 Å². The summed E-state index contributed by atoms with van der Waals surface area (Å²) in [6, 6.07) is 2.36. The van der Waals surface area contributed by atoms with Crippen molar-refractivity contribution in [3.8, 4) is 0 Å². The zero-order valence-corrected chi connectivity index (χ0v) is 9.28. The summed E-state index contributed by atoms with van der Waals surface area (Å²) in [5, 5.41) is 10.6. The third-order valence-corrected chi connectivity index (χ3v) is 2.46. The Morgan fingerprint density at radius 1 is 1.53 bits per heavy atom. The first-order chi connectivity index (χ1) is 6.97. The van der Waals surface area contributed by atoms with Gasteiger partial charge in [-0.2, -0.15) is 0 Å². The molecule has 5 nitrogen and oxygen atoms in total. The number of nitrogens with zero attached hydrogens (tertiary/aromatic N) is 1. The molecular weight excluding hydrogens is 266 g/mol. The van der Waals surface area contributed by atoms with Gasteiger partial charge < -0.3 is 0 Å². The molecule has 0 N–H and O–H groups in total. The SMILES string of the molecule is CC(=O)c1cc([N+](=O)[O-])c(Br)cc1C=O. The fourth-order valence-corrected chi connectivity index (χ4v) is 1.63. The van der Waals surface area contributed by atoms with E-state index < -0.39 is 4.92 Å². The van der Waals surface area contributed by atoms with Crippen molar-refractivity contribution in [2.75, 3.05) is 0 Å². The Hall–Kier alpha value is -1.56. The first-order valence-corrected chi connectivity index (χ1v) is 4.70. The Balaban J connectivity index is 3.50. The number of aldehydes is 1. The maximum absolute atomic E-state index is 11.1. The van der Waals surface area contributed by atoms with Crippen LogP contribution < -0.4 is 0 Å². The van der Waals surface area contributed by atoms with Crippen molar-refractivity contribution in [2.45, 2.75) is 6.92 Å². The van der Waals surface area contributed by atoms with Gasteiger partial charge in [0.1, 0.15) is 0 Å². The van der Waals surface area contributed by atoms with Gasteiger partial charge in [0.2, 0.25) is 0 Å². The lowest BCUT2D eigenvalue weighted by Crippen LogP contribution is -2.01. The van der Waals surface area contributed by atoms with Gasteiger partial charge in [-0.05, 0) is 28.9 Å². The Labute approximate surface area is 93.4 Å². The summed E-state index contributed by atoms with van der Waals surface area (Å²) in [5.41, 5.74) is -0.0364. The molecule has 0 amide bonds. The smallest absolute Gasteiger partial charge is 0.284 e. The van der Waals surface area contributed by atoms with Crippen LogP contribution in [0.3, 0.4) is 0 Å². The van der Waals surface area contributed by atoms with Crippen molar-refractivity contribution in [1.29, 1.82) is 0 Å². The molecule has 15 heavy (non-hydrogen) atoms. The largest absolute Gasteiger partial charge is 0.298 e. The molecule has 0 spiro atoms. The summed E-state index contributed by atoms with van der Waals surface area (Å²) in [6.45, 7) is 1.25. The van der Waals surface area contributed by atoms with E-state index in [0.29, 0.717) is 6.29 Å². The van der Waals surface area contributed by atoms with Gasteiger partial charge in [0, 0.05) is 17.2 Å². The second-order valence-electron chi connectivity index (χ2n) is 2.82. The van der Waals surface area contributed by atoms with Crippen LogP contribution in [0.1, 0.15) is 27.6 Å².